The molecule has 19 atom stereocenters. The standard InChI is InChI=1S/C47H74N4O13S/c1-14-32-47(10)34(38(43(56)64-47)65-19-18-51-23-49-30-16-15-17-48-41(30)51)26(4)35(52)24(2)21-45(8,57)40(63-44-36(53)31(50(11)12)20-25(3)59-44)27(5)37(28(6)42(55)61-32)62-33-22-46(9,58-13)39(54)29(7)60-33/h15-17,23-29,31-34,36-40,44,53-54,57H,14,18-22H2,1-13H3/t24-,25-,26-,27+,28-,29+,31+,32?,33+,34+,36-,37?,38+,39+,40-,44+,45-,46-,47-/m1/s1. The van der Waals surface area contributed by atoms with Gasteiger partial charge in [0.05, 0.1) is 47.9 Å². The van der Waals surface area contributed by atoms with Gasteiger partial charge in [0.25, 0.3) is 0 Å². The molecule has 0 aliphatic carbocycles. The van der Waals surface area contributed by atoms with Gasteiger partial charge >= 0.3 is 11.9 Å². The normalized spacial score (nSPS) is 43.6. The van der Waals surface area contributed by atoms with Crippen molar-refractivity contribution in [3.05, 3.63) is 24.7 Å². The number of thioether (sulfide) groups is 1. The minimum Gasteiger partial charge on any atom is -0.458 e. The number of Topliss-reactive ketones (excluding diaryl/α,β-unsaturated/α-hetero) is 1. The van der Waals surface area contributed by atoms with E-state index in [1.807, 2.05) is 49.5 Å². The molecule has 2 unspecified atom stereocenters. The van der Waals surface area contributed by atoms with Gasteiger partial charge in [-0.05, 0) is 87.0 Å². The first-order chi connectivity index (χ1) is 30.5. The number of pyridine rings is 1. The molecule has 0 amide bonds. The van der Waals surface area contributed by atoms with Crippen molar-refractivity contribution in [2.75, 3.05) is 27.0 Å². The summed E-state index contributed by atoms with van der Waals surface area (Å²) < 4.78 is 46.5. The van der Waals surface area contributed by atoms with Crippen LogP contribution in [0.15, 0.2) is 24.7 Å². The van der Waals surface area contributed by atoms with Gasteiger partial charge in [-0.3, -0.25) is 14.4 Å². The summed E-state index contributed by atoms with van der Waals surface area (Å²) in [6.45, 7) is 18.0. The van der Waals surface area contributed by atoms with Crippen LogP contribution in [-0.4, -0.2) is 163 Å². The molecule has 2 aromatic heterocycles. The third-order valence-corrected chi connectivity index (χ3v) is 16.1. The number of carbonyl (C=O) groups is 3. The number of aliphatic hydroxyl groups is 3. The topological polar surface area (TPSA) is 210 Å². The minimum atomic E-state index is -1.80. The van der Waals surface area contributed by atoms with Crippen LogP contribution < -0.4 is 0 Å². The summed E-state index contributed by atoms with van der Waals surface area (Å²) in [4.78, 5) is 54.7. The number of likely N-dealkylation sites (N-methyl/N-ethyl adjacent to an activating group) is 1. The summed E-state index contributed by atoms with van der Waals surface area (Å²) >= 11 is 1.38. The maximum absolute atomic E-state index is 14.9. The highest BCUT2D eigenvalue weighted by molar-refractivity contribution is 8.00. The Bertz CT molecular complexity index is 1970. The molecule has 18 heteroatoms. The number of aryl methyl sites for hydroxylation is 1. The van der Waals surface area contributed by atoms with Gasteiger partial charge in [-0.1, -0.05) is 27.7 Å². The number of methoxy groups -OCH3 is 1. The van der Waals surface area contributed by atoms with Crippen LogP contribution in [0.2, 0.25) is 0 Å². The van der Waals surface area contributed by atoms with E-state index >= 15 is 0 Å². The van der Waals surface area contributed by atoms with Gasteiger partial charge in [0, 0.05) is 61.7 Å². The molecular formula is C47H74N4O13S. The number of ether oxygens (including phenoxy) is 7. The van der Waals surface area contributed by atoms with E-state index in [1.165, 1.54) is 18.9 Å². The van der Waals surface area contributed by atoms with Gasteiger partial charge in [0.2, 0.25) is 0 Å². The van der Waals surface area contributed by atoms with Crippen molar-refractivity contribution in [2.24, 2.45) is 29.6 Å². The lowest BCUT2D eigenvalue weighted by Crippen LogP contribution is -2.61. The van der Waals surface area contributed by atoms with E-state index in [9.17, 15) is 29.7 Å². The van der Waals surface area contributed by atoms with Crippen molar-refractivity contribution in [3.8, 4) is 0 Å². The molecule has 0 aromatic carbocycles. The summed E-state index contributed by atoms with van der Waals surface area (Å²) in [5, 5.41) is 34.8. The summed E-state index contributed by atoms with van der Waals surface area (Å²) in [5.74, 6) is -5.11. The Morgan fingerprint density at radius 3 is 2.34 bits per heavy atom. The minimum absolute atomic E-state index is 0.0922. The molecule has 4 aliphatic heterocycles. The van der Waals surface area contributed by atoms with Crippen molar-refractivity contribution in [2.45, 2.75) is 185 Å². The Kier molecular flexibility index (Phi) is 16.2. The SMILES string of the molecule is CCC1OC(=O)[C@H](C)C(O[C@H]2C[C@@](C)(OC)[C@@H](O)[C@H](C)O2)[C@H](C)[C@@H](O[C@@H]2O[C@H](C)C[C@H](N(C)C)[C@H]2O)[C@](C)(O)C[C@@H](C)C(=O)[C@H](C)[C@H]2[C@H](SCCn3cnc4cccnc43)C(=O)O[C@]12C. The summed E-state index contributed by atoms with van der Waals surface area (Å²) in [5.41, 5.74) is -2.81. The van der Waals surface area contributed by atoms with E-state index in [-0.39, 0.29) is 37.2 Å². The Hall–Kier alpha value is -2.78. The highest BCUT2D eigenvalue weighted by Gasteiger charge is 2.62. The second-order valence-corrected chi connectivity index (χ2v) is 21.3. The molecule has 0 radical (unpaired) electrons. The van der Waals surface area contributed by atoms with Crippen LogP contribution in [0.1, 0.15) is 94.9 Å². The van der Waals surface area contributed by atoms with E-state index in [4.69, 9.17) is 33.2 Å². The number of hydrogen-bond donors (Lipinski definition) is 3. The third kappa shape index (κ3) is 10.5. The fourth-order valence-electron chi connectivity index (χ4n) is 11.1. The summed E-state index contributed by atoms with van der Waals surface area (Å²) in [6, 6.07) is 3.36. The molecule has 6 heterocycles. The van der Waals surface area contributed by atoms with E-state index in [0.717, 1.165) is 5.52 Å². The van der Waals surface area contributed by atoms with Gasteiger partial charge in [-0.25, -0.2) is 9.97 Å². The lowest BCUT2D eigenvalue weighted by Gasteiger charge is -2.49. The molecule has 3 N–H and O–H groups in total. The third-order valence-electron chi connectivity index (χ3n) is 14.8. The van der Waals surface area contributed by atoms with Crippen molar-refractivity contribution in [1.82, 2.24) is 19.4 Å². The van der Waals surface area contributed by atoms with Crippen LogP contribution in [0.4, 0.5) is 0 Å². The maximum Gasteiger partial charge on any atom is 0.320 e. The van der Waals surface area contributed by atoms with Crippen LogP contribution >= 0.6 is 11.8 Å². The van der Waals surface area contributed by atoms with E-state index < -0.39 is 113 Å². The molecule has 366 valence electrons. The predicted octanol–water partition coefficient (Wildman–Crippen LogP) is 4.15. The fraction of sp³-hybridized carbons (Fsp3) is 0.809. The Balaban J connectivity index is 1.40. The first-order valence-electron chi connectivity index (χ1n) is 23.2. The Morgan fingerprint density at radius 2 is 1.68 bits per heavy atom. The van der Waals surface area contributed by atoms with Crippen LogP contribution in [0, 0.1) is 29.6 Å². The molecule has 17 nitrogen and oxygen atoms in total. The van der Waals surface area contributed by atoms with Gasteiger partial charge in [-0.15, -0.1) is 11.8 Å². The lowest BCUT2D eigenvalue weighted by molar-refractivity contribution is -0.318. The second kappa shape index (κ2) is 20.4. The average molecular weight is 935 g/mol. The number of fused-ring (bicyclic) bond motifs is 2. The second-order valence-electron chi connectivity index (χ2n) is 20.0. The van der Waals surface area contributed by atoms with Crippen molar-refractivity contribution in [3.63, 3.8) is 0 Å². The van der Waals surface area contributed by atoms with Gasteiger partial charge < -0.3 is 57.9 Å². The zero-order chi connectivity index (χ0) is 47.9. The van der Waals surface area contributed by atoms with Crippen LogP contribution in [-0.2, 0) is 54.1 Å². The van der Waals surface area contributed by atoms with Crippen molar-refractivity contribution in [1.29, 1.82) is 0 Å². The van der Waals surface area contributed by atoms with E-state index in [1.54, 1.807) is 67.9 Å². The number of hydrogen-bond acceptors (Lipinski definition) is 17. The molecule has 0 saturated carbocycles. The monoisotopic (exact) mass is 934 g/mol. The Labute approximate surface area is 387 Å². The molecule has 6 rings (SSSR count). The van der Waals surface area contributed by atoms with E-state index in [2.05, 4.69) is 9.97 Å². The predicted molar refractivity (Wildman–Crippen MR) is 241 cm³/mol. The number of aliphatic hydroxyl groups excluding tert-OH is 2. The molecule has 65 heavy (non-hydrogen) atoms. The lowest BCUT2D eigenvalue weighted by atomic mass is 9.70. The number of imidazole rings is 1. The zero-order valence-electron chi connectivity index (χ0n) is 40.4. The van der Waals surface area contributed by atoms with Crippen LogP contribution in [0.25, 0.3) is 11.2 Å². The Morgan fingerprint density at radius 1 is 0.969 bits per heavy atom. The number of cyclic esters (lactones) is 1. The largest absolute Gasteiger partial charge is 0.458 e. The quantitative estimate of drug-likeness (QED) is 0.270. The number of esters is 2. The first-order valence-corrected chi connectivity index (χ1v) is 24.3. The number of aromatic nitrogens is 3. The highest BCUT2D eigenvalue weighted by atomic mass is 32.2. The van der Waals surface area contributed by atoms with Crippen LogP contribution in [0.5, 0.6) is 0 Å². The number of carbonyl (C=O) groups excluding carboxylic acids is 3. The smallest absolute Gasteiger partial charge is 0.320 e. The van der Waals surface area contributed by atoms with Gasteiger partial charge in [-0.2, -0.15) is 0 Å². The summed E-state index contributed by atoms with van der Waals surface area (Å²) in [6.07, 6.45) is -4.37. The van der Waals surface area contributed by atoms with Gasteiger partial charge in [0.1, 0.15) is 34.9 Å². The van der Waals surface area contributed by atoms with Gasteiger partial charge in [0.15, 0.2) is 23.8 Å². The first kappa shape index (κ1) is 51.6. The molecule has 0 bridgehead atoms. The molecule has 0 spiro atoms. The molecule has 4 aliphatic rings. The van der Waals surface area contributed by atoms with Crippen LogP contribution in [0.3, 0.4) is 0 Å². The zero-order valence-corrected chi connectivity index (χ0v) is 41.2. The average Bonchev–Trinajstić information content (AvgIpc) is 3.78. The highest BCUT2D eigenvalue weighted by Crippen LogP contribution is 2.49. The van der Waals surface area contributed by atoms with Crippen molar-refractivity contribution >= 4 is 40.6 Å². The molecule has 2 aromatic rings. The number of ketones is 1. The summed E-state index contributed by atoms with van der Waals surface area (Å²) in [7, 11) is 5.23. The number of rotatable bonds is 11. The molecular weight excluding hydrogens is 861 g/mol. The molecule has 4 saturated heterocycles. The maximum atomic E-state index is 14.9. The van der Waals surface area contributed by atoms with Crippen molar-refractivity contribution < 1.29 is 62.9 Å². The fourth-order valence-corrected chi connectivity index (χ4v) is 12.5. The molecule has 4 fully saturated rings. The van der Waals surface area contributed by atoms with E-state index in [0.29, 0.717) is 24.4 Å². The number of nitrogens with zero attached hydrogens (tertiary/aromatic N) is 4.